The summed E-state index contributed by atoms with van der Waals surface area (Å²) < 4.78 is 7.13. The lowest BCUT2D eigenvalue weighted by Gasteiger charge is -2.36. The Morgan fingerprint density at radius 1 is 1.35 bits per heavy atom. The number of hydrogen-bond donors (Lipinski definition) is 1. The van der Waals surface area contributed by atoms with E-state index in [-0.39, 0.29) is 6.04 Å². The first-order valence-electron chi connectivity index (χ1n) is 7.96. The number of benzene rings is 1. The summed E-state index contributed by atoms with van der Waals surface area (Å²) in [4.78, 5) is 2.30. The minimum atomic E-state index is -0.915. The van der Waals surface area contributed by atoms with Crippen molar-refractivity contribution in [3.05, 3.63) is 42.0 Å². The highest BCUT2D eigenvalue weighted by atomic mass is 16.5. The summed E-state index contributed by atoms with van der Waals surface area (Å²) in [6.45, 7) is 3.56. The van der Waals surface area contributed by atoms with Crippen LogP contribution < -0.4 is 4.74 Å². The lowest BCUT2D eigenvalue weighted by Crippen LogP contribution is -2.45. The van der Waals surface area contributed by atoms with Crippen LogP contribution in [0, 0.1) is 0 Å². The molecule has 2 atom stereocenters. The van der Waals surface area contributed by atoms with Crippen molar-refractivity contribution in [1.82, 2.24) is 19.7 Å². The van der Waals surface area contributed by atoms with Gasteiger partial charge in [0.1, 0.15) is 23.5 Å². The smallest absolute Gasteiger partial charge is 0.146 e. The van der Waals surface area contributed by atoms with Gasteiger partial charge in [-0.3, -0.25) is 4.90 Å². The van der Waals surface area contributed by atoms with Crippen LogP contribution in [0.2, 0.25) is 0 Å². The molecule has 3 rings (SSSR count). The fraction of sp³-hybridized carbons (Fsp3) is 0.529. The molecule has 6 heteroatoms. The van der Waals surface area contributed by atoms with E-state index in [2.05, 4.69) is 15.1 Å². The number of hydrogen-bond acceptors (Lipinski definition) is 5. The van der Waals surface area contributed by atoms with Crippen LogP contribution in [0.3, 0.4) is 0 Å². The molecule has 2 unspecified atom stereocenters. The van der Waals surface area contributed by atoms with E-state index in [0.29, 0.717) is 6.54 Å². The topological polar surface area (TPSA) is 63.4 Å². The van der Waals surface area contributed by atoms with Gasteiger partial charge in [-0.2, -0.15) is 0 Å². The van der Waals surface area contributed by atoms with Crippen molar-refractivity contribution in [2.24, 2.45) is 7.05 Å². The van der Waals surface area contributed by atoms with Crippen LogP contribution in [0.1, 0.15) is 31.2 Å². The minimum absolute atomic E-state index is 0.0626. The van der Waals surface area contributed by atoms with Crippen molar-refractivity contribution in [3.63, 3.8) is 0 Å². The van der Waals surface area contributed by atoms with Gasteiger partial charge < -0.3 is 14.4 Å². The predicted molar refractivity (Wildman–Crippen MR) is 87.0 cm³/mol. The van der Waals surface area contributed by atoms with Crippen molar-refractivity contribution >= 4 is 0 Å². The lowest BCUT2D eigenvalue weighted by molar-refractivity contribution is -0.0263. The maximum absolute atomic E-state index is 11.2. The predicted octanol–water partition coefficient (Wildman–Crippen LogP) is 1.70. The summed E-state index contributed by atoms with van der Waals surface area (Å²) in [5, 5.41) is 19.3. The van der Waals surface area contributed by atoms with E-state index in [9.17, 15) is 5.11 Å². The van der Waals surface area contributed by atoms with Crippen LogP contribution in [0.25, 0.3) is 0 Å². The second-order valence-corrected chi connectivity index (χ2v) is 6.36. The Morgan fingerprint density at radius 2 is 2.09 bits per heavy atom. The summed E-state index contributed by atoms with van der Waals surface area (Å²) in [6, 6.07) is 7.74. The average molecular weight is 316 g/mol. The molecule has 1 aromatic heterocycles. The van der Waals surface area contributed by atoms with E-state index in [4.69, 9.17) is 4.74 Å². The van der Waals surface area contributed by atoms with E-state index in [0.717, 1.165) is 36.5 Å². The molecule has 1 fully saturated rings. The van der Waals surface area contributed by atoms with Crippen LogP contribution in [0.4, 0.5) is 0 Å². The Balaban J connectivity index is 1.80. The van der Waals surface area contributed by atoms with Gasteiger partial charge in [-0.05, 0) is 44.0 Å². The van der Waals surface area contributed by atoms with Crippen molar-refractivity contribution < 1.29 is 9.84 Å². The molecule has 1 aliphatic rings. The number of methoxy groups -OCH3 is 1. The summed E-state index contributed by atoms with van der Waals surface area (Å²) in [5.74, 6) is 1.72. The molecular formula is C17H24N4O2. The normalized spacial score (nSPS) is 21.3. The molecule has 1 aromatic carbocycles. The number of aromatic nitrogens is 3. The van der Waals surface area contributed by atoms with Crippen molar-refractivity contribution in [3.8, 4) is 5.75 Å². The van der Waals surface area contributed by atoms with Gasteiger partial charge in [-0.1, -0.05) is 12.1 Å². The molecule has 0 spiro atoms. The molecule has 0 saturated carbocycles. The van der Waals surface area contributed by atoms with Gasteiger partial charge in [-0.25, -0.2) is 0 Å². The highest BCUT2D eigenvalue weighted by Crippen LogP contribution is 2.35. The van der Waals surface area contributed by atoms with E-state index in [1.165, 1.54) is 0 Å². The quantitative estimate of drug-likeness (QED) is 0.909. The molecule has 124 valence electrons. The van der Waals surface area contributed by atoms with E-state index in [1.54, 1.807) is 13.4 Å². The lowest BCUT2D eigenvalue weighted by atomic mass is 9.86. The third-order valence-corrected chi connectivity index (χ3v) is 4.84. The monoisotopic (exact) mass is 316 g/mol. The molecule has 2 aromatic rings. The SMILES string of the molecule is COc1ccc(C(C)(O)C2CCCN2Cc2nncn2C)cc1. The highest BCUT2D eigenvalue weighted by molar-refractivity contribution is 5.31. The molecule has 0 bridgehead atoms. The summed E-state index contributed by atoms with van der Waals surface area (Å²) >= 11 is 0. The van der Waals surface area contributed by atoms with Gasteiger partial charge in [0, 0.05) is 13.1 Å². The number of nitrogens with zero attached hydrogens (tertiary/aromatic N) is 4. The largest absolute Gasteiger partial charge is 0.497 e. The van der Waals surface area contributed by atoms with Crippen LogP contribution in [-0.4, -0.2) is 44.5 Å². The number of rotatable bonds is 5. The molecule has 6 nitrogen and oxygen atoms in total. The fourth-order valence-corrected chi connectivity index (χ4v) is 3.40. The Kier molecular flexibility index (Phi) is 4.37. The van der Waals surface area contributed by atoms with E-state index >= 15 is 0 Å². The minimum Gasteiger partial charge on any atom is -0.497 e. The van der Waals surface area contributed by atoms with Crippen LogP contribution >= 0.6 is 0 Å². The highest BCUT2D eigenvalue weighted by Gasteiger charge is 2.40. The molecule has 23 heavy (non-hydrogen) atoms. The molecule has 0 aliphatic carbocycles. The number of ether oxygens (including phenoxy) is 1. The Bertz CT molecular complexity index is 651. The summed E-state index contributed by atoms with van der Waals surface area (Å²) in [5.41, 5.74) is -0.00497. The molecule has 0 amide bonds. The maximum Gasteiger partial charge on any atom is 0.146 e. The second-order valence-electron chi connectivity index (χ2n) is 6.36. The zero-order chi connectivity index (χ0) is 16.4. The Labute approximate surface area is 136 Å². The van der Waals surface area contributed by atoms with E-state index < -0.39 is 5.60 Å². The molecule has 1 N–H and O–H groups in total. The molecule has 1 saturated heterocycles. The first-order valence-corrected chi connectivity index (χ1v) is 7.96. The second kappa shape index (κ2) is 6.29. The van der Waals surface area contributed by atoms with E-state index in [1.807, 2.05) is 42.8 Å². The zero-order valence-corrected chi connectivity index (χ0v) is 13.9. The summed E-state index contributed by atoms with van der Waals surface area (Å²) in [6.07, 6.45) is 3.76. The van der Waals surface area contributed by atoms with Crippen molar-refractivity contribution in [2.75, 3.05) is 13.7 Å². The van der Waals surface area contributed by atoms with Gasteiger partial charge in [0.25, 0.3) is 0 Å². The number of likely N-dealkylation sites (tertiary alicyclic amines) is 1. The molecular weight excluding hydrogens is 292 g/mol. The van der Waals surface area contributed by atoms with Crippen molar-refractivity contribution in [2.45, 2.75) is 38.0 Å². The van der Waals surface area contributed by atoms with Gasteiger partial charge in [-0.15, -0.1) is 10.2 Å². The first kappa shape index (κ1) is 16.0. The third-order valence-electron chi connectivity index (χ3n) is 4.84. The van der Waals surface area contributed by atoms with Crippen LogP contribution in [-0.2, 0) is 19.2 Å². The fourth-order valence-electron chi connectivity index (χ4n) is 3.40. The van der Waals surface area contributed by atoms with Gasteiger partial charge in [0.2, 0.25) is 0 Å². The van der Waals surface area contributed by atoms with Gasteiger partial charge in [0.05, 0.1) is 13.7 Å². The Hall–Kier alpha value is -1.92. The summed E-state index contributed by atoms with van der Waals surface area (Å²) in [7, 11) is 3.59. The van der Waals surface area contributed by atoms with Gasteiger partial charge >= 0.3 is 0 Å². The molecule has 2 heterocycles. The molecule has 1 aliphatic heterocycles. The Morgan fingerprint density at radius 3 is 2.70 bits per heavy atom. The molecule has 0 radical (unpaired) electrons. The number of aryl methyl sites for hydroxylation is 1. The van der Waals surface area contributed by atoms with Crippen LogP contribution in [0.5, 0.6) is 5.75 Å². The van der Waals surface area contributed by atoms with Gasteiger partial charge in [0.15, 0.2) is 0 Å². The standard InChI is InChI=1S/C17H24N4O2/c1-17(22,13-6-8-14(23-3)9-7-13)15-5-4-10-21(15)11-16-19-18-12-20(16)2/h6-9,12,15,22H,4-5,10-11H2,1-3H3. The first-order chi connectivity index (χ1) is 11.0. The maximum atomic E-state index is 11.2. The van der Waals surface area contributed by atoms with Crippen LogP contribution in [0.15, 0.2) is 30.6 Å². The zero-order valence-electron chi connectivity index (χ0n) is 13.9. The average Bonchev–Trinajstić information content (AvgIpc) is 3.18. The third kappa shape index (κ3) is 3.09. The number of aliphatic hydroxyl groups is 1. The van der Waals surface area contributed by atoms with Crippen molar-refractivity contribution in [1.29, 1.82) is 0 Å².